The van der Waals surface area contributed by atoms with Crippen LogP contribution in [0.3, 0.4) is 0 Å². The molecule has 4 rings (SSSR count). The Bertz CT molecular complexity index is 1140. The Hall–Kier alpha value is -0.0169. The number of halogens is 2. The summed E-state index contributed by atoms with van der Waals surface area (Å²) >= 11 is 0. The Labute approximate surface area is 299 Å². The average Bonchev–Trinajstić information content (AvgIpc) is 3.56. The summed E-state index contributed by atoms with van der Waals surface area (Å²) < 4.78 is 0. The molecule has 0 aromatic heterocycles. The van der Waals surface area contributed by atoms with Crippen LogP contribution < -0.4 is 35.4 Å². The summed E-state index contributed by atoms with van der Waals surface area (Å²) in [5.74, 6) is 1.60. The van der Waals surface area contributed by atoms with Crippen LogP contribution in [-0.4, -0.2) is 24.6 Å². The first-order valence-corrected chi connectivity index (χ1v) is 19.6. The van der Waals surface area contributed by atoms with E-state index in [1.54, 1.807) is 10.6 Å². The normalized spacial score (nSPS) is 11.0. The van der Waals surface area contributed by atoms with Crippen molar-refractivity contribution in [2.75, 3.05) is 24.6 Å². The topological polar surface area (TPSA) is 0 Å². The Morgan fingerprint density at radius 3 is 1.33 bits per heavy atom. The van der Waals surface area contributed by atoms with Gasteiger partial charge in [0.25, 0.3) is 0 Å². The average molecular weight is 737 g/mol. The molecule has 0 N–H and O–H groups in total. The van der Waals surface area contributed by atoms with E-state index in [1.165, 1.54) is 97.6 Å². The molecule has 0 nitrogen and oxygen atoms in total. The zero-order valence-corrected chi connectivity index (χ0v) is 33.5. The molecule has 43 heavy (non-hydrogen) atoms. The largest absolute Gasteiger partial charge is 4.00 e. The predicted molar refractivity (Wildman–Crippen MR) is 190 cm³/mol. The molecule has 0 fully saturated rings. The van der Waals surface area contributed by atoms with Crippen molar-refractivity contribution in [3.05, 3.63) is 72.8 Å². The van der Waals surface area contributed by atoms with Gasteiger partial charge in [0.2, 0.25) is 0 Å². The van der Waals surface area contributed by atoms with Crippen LogP contribution in [0.4, 0.5) is 0 Å². The molecule has 0 unspecified atom stereocenters. The van der Waals surface area contributed by atoms with Crippen molar-refractivity contribution in [2.24, 2.45) is 11.8 Å². The van der Waals surface area contributed by atoms with E-state index in [0.29, 0.717) is 0 Å². The second-order valence-electron chi connectivity index (χ2n) is 12.5. The fourth-order valence-corrected chi connectivity index (χ4v) is 11.2. The fourth-order valence-electron chi connectivity index (χ4n) is 5.63. The van der Waals surface area contributed by atoms with Crippen molar-refractivity contribution in [2.45, 2.75) is 92.9 Å². The first-order chi connectivity index (χ1) is 19.4. The zero-order valence-electron chi connectivity index (χ0n) is 27.7. The summed E-state index contributed by atoms with van der Waals surface area (Å²) in [6.45, 7) is 14.0. The molecular formula is C38H56Cl2P2Zr. The second-order valence-corrected chi connectivity index (χ2v) is 17.3. The summed E-state index contributed by atoms with van der Waals surface area (Å²) in [5.41, 5.74) is 0. The van der Waals surface area contributed by atoms with Crippen molar-refractivity contribution < 1.29 is 51.0 Å². The third kappa shape index (κ3) is 15.4. The quantitative estimate of drug-likeness (QED) is 0.0775. The van der Waals surface area contributed by atoms with Gasteiger partial charge in [0.05, 0.1) is 0 Å². The van der Waals surface area contributed by atoms with Crippen LogP contribution in [0.2, 0.25) is 0 Å². The number of benzene rings is 2. The van der Waals surface area contributed by atoms with Gasteiger partial charge in [-0.2, -0.15) is 12.1 Å². The molecule has 5 heteroatoms. The summed E-state index contributed by atoms with van der Waals surface area (Å²) in [4.78, 5) is 0. The molecule has 0 radical (unpaired) electrons. The fraction of sp³-hybridized carbons (Fsp3) is 0.526. The molecule has 4 aromatic rings. The maximum Gasteiger partial charge on any atom is 4.00 e. The Morgan fingerprint density at radius 2 is 0.953 bits per heavy atom. The van der Waals surface area contributed by atoms with E-state index in [1.807, 2.05) is 0 Å². The van der Waals surface area contributed by atoms with E-state index in [4.69, 9.17) is 0 Å². The van der Waals surface area contributed by atoms with Crippen molar-refractivity contribution in [1.29, 1.82) is 0 Å². The number of rotatable bonds is 16. The monoisotopic (exact) mass is 734 g/mol. The summed E-state index contributed by atoms with van der Waals surface area (Å²) in [6.07, 6.45) is 16.8. The molecule has 0 atom stereocenters. The SMILES string of the molecule is CC(C)CP(CC(C)C)c1cc2ccccc2[cH-]1.CCCCCCP(CCCCCC)c1cc2ccccc2[cH-]1.[Cl-].[Cl-].[Zr+4]. The molecule has 0 saturated heterocycles. The van der Waals surface area contributed by atoms with Crippen LogP contribution in [-0.2, 0) is 26.2 Å². The minimum atomic E-state index is 0. The Morgan fingerprint density at radius 1 is 0.558 bits per heavy atom. The number of hydrogen-bond donors (Lipinski definition) is 0. The number of fused-ring (bicyclic) bond motifs is 2. The van der Waals surface area contributed by atoms with E-state index >= 15 is 0 Å². The second kappa shape index (κ2) is 24.2. The van der Waals surface area contributed by atoms with Gasteiger partial charge >= 0.3 is 26.2 Å². The molecule has 0 aliphatic carbocycles. The van der Waals surface area contributed by atoms with Gasteiger partial charge in [-0.05, 0) is 49.3 Å². The van der Waals surface area contributed by atoms with Gasteiger partial charge in [0.15, 0.2) is 0 Å². The minimum absolute atomic E-state index is 0. The van der Waals surface area contributed by atoms with E-state index < -0.39 is 0 Å². The molecule has 4 aromatic carbocycles. The van der Waals surface area contributed by atoms with Crippen molar-refractivity contribution in [3.8, 4) is 0 Å². The van der Waals surface area contributed by atoms with E-state index in [9.17, 15) is 0 Å². The summed E-state index contributed by atoms with van der Waals surface area (Å²) in [6, 6.07) is 27.4. The van der Waals surface area contributed by atoms with Crippen LogP contribution in [0.15, 0.2) is 72.8 Å². The van der Waals surface area contributed by atoms with Gasteiger partial charge in [0.1, 0.15) is 0 Å². The first-order valence-electron chi connectivity index (χ1n) is 16.2. The van der Waals surface area contributed by atoms with Gasteiger partial charge < -0.3 is 24.8 Å². The first kappa shape index (κ1) is 43.0. The molecule has 0 amide bonds. The Kier molecular flexibility index (Phi) is 24.2. The molecule has 0 spiro atoms. The third-order valence-corrected chi connectivity index (χ3v) is 13.7. The smallest absolute Gasteiger partial charge is 1.00 e. The van der Waals surface area contributed by atoms with Gasteiger partial charge in [-0.15, -0.1) is 80.7 Å². The van der Waals surface area contributed by atoms with Crippen LogP contribution >= 0.6 is 15.8 Å². The van der Waals surface area contributed by atoms with Gasteiger partial charge in [-0.25, -0.2) is 0 Å². The predicted octanol–water partition coefficient (Wildman–Crippen LogP) is 5.81. The van der Waals surface area contributed by atoms with Crippen molar-refractivity contribution in [1.82, 2.24) is 0 Å². The third-order valence-electron chi connectivity index (χ3n) is 7.67. The van der Waals surface area contributed by atoms with Crippen LogP contribution in [0.5, 0.6) is 0 Å². The standard InChI is InChI=1S/C21H32P.C17H24P.2ClH.Zr/c1-3-5-7-11-15-22(16-12-8-6-4-2)21-17-19-13-9-10-14-20(19)18-21;1-13(2)11-18(12-14(3)4)17-9-15-7-5-6-8-16(15)10-17;;;/h9-10,13-14,17-18H,3-8,11-12,15-16H2,1-2H3;5-10,13-14H,11-12H2,1-4H3;2*1H;/q2*-1;;;+4/p-2. The maximum absolute atomic E-state index is 2.47. The van der Waals surface area contributed by atoms with Crippen molar-refractivity contribution in [3.63, 3.8) is 0 Å². The maximum atomic E-state index is 2.47. The zero-order chi connectivity index (χ0) is 28.7. The van der Waals surface area contributed by atoms with E-state index in [0.717, 1.165) is 11.8 Å². The number of hydrogen-bond acceptors (Lipinski definition) is 0. The van der Waals surface area contributed by atoms with Crippen LogP contribution in [0, 0.1) is 11.8 Å². The number of unbranched alkanes of at least 4 members (excludes halogenated alkanes) is 6. The molecule has 0 bridgehead atoms. The van der Waals surface area contributed by atoms with Gasteiger partial charge in [0, 0.05) is 0 Å². The van der Waals surface area contributed by atoms with Gasteiger partial charge in [-0.3, -0.25) is 0 Å². The van der Waals surface area contributed by atoms with Crippen LogP contribution in [0.1, 0.15) is 92.9 Å². The molecule has 0 saturated carbocycles. The minimum Gasteiger partial charge on any atom is -1.00 e. The Balaban J connectivity index is 0.000000779. The molecule has 0 aliphatic rings. The van der Waals surface area contributed by atoms with E-state index in [-0.39, 0.29) is 66.9 Å². The molecule has 0 aliphatic heterocycles. The van der Waals surface area contributed by atoms with E-state index in [2.05, 4.69) is 114 Å². The molecular weight excluding hydrogens is 680 g/mol. The summed E-state index contributed by atoms with van der Waals surface area (Å²) in [7, 11) is 0.0827. The van der Waals surface area contributed by atoms with Crippen molar-refractivity contribution >= 4 is 48.0 Å². The van der Waals surface area contributed by atoms with Crippen LogP contribution in [0.25, 0.3) is 21.5 Å². The molecule has 236 valence electrons. The van der Waals surface area contributed by atoms with Gasteiger partial charge in [-0.1, -0.05) is 108 Å². The molecule has 0 heterocycles. The summed E-state index contributed by atoms with van der Waals surface area (Å²) in [5, 5.41) is 8.96.